The van der Waals surface area contributed by atoms with Crippen LogP contribution in [0.15, 0.2) is 0 Å². The molecule has 2 aliphatic heterocycles. The number of nitrogens with zero attached hydrogens (tertiary/aromatic N) is 1. The van der Waals surface area contributed by atoms with Gasteiger partial charge in [0.25, 0.3) is 0 Å². The largest absolute Gasteiger partial charge is 1.00 e. The quantitative estimate of drug-likeness (QED) is 0.288. The molecule has 8 heteroatoms. The zero-order valence-corrected chi connectivity index (χ0v) is 11.7. The summed E-state index contributed by atoms with van der Waals surface area (Å²) < 4.78 is 42.1. The molecule has 2 fully saturated rings. The molecule has 6 nitrogen and oxygen atoms in total. The number of epoxide rings is 2. The Bertz CT molecular complexity index is 318. The van der Waals surface area contributed by atoms with Crippen LogP contribution in [-0.4, -0.2) is 48.4 Å². The molecule has 0 aromatic rings. The summed E-state index contributed by atoms with van der Waals surface area (Å²) in [5, 5.41) is 0. The van der Waals surface area contributed by atoms with Crippen LogP contribution in [0.3, 0.4) is 0 Å². The van der Waals surface area contributed by atoms with Gasteiger partial charge in [-0.05, 0) is 13.8 Å². The fourth-order valence-corrected chi connectivity index (χ4v) is 2.18. The third-order valence-electron chi connectivity index (χ3n) is 2.32. The first kappa shape index (κ1) is 13.9. The summed E-state index contributed by atoms with van der Waals surface area (Å²) >= 11 is 0. The Kier molecular flexibility index (Phi) is 4.23. The molecule has 0 radical (unpaired) electrons. The summed E-state index contributed by atoms with van der Waals surface area (Å²) in [7, 11) is -4.26. The van der Waals surface area contributed by atoms with Gasteiger partial charge in [0.05, 0.1) is 18.1 Å². The fraction of sp³-hybridized carbons (Fsp3) is 1.00. The van der Waals surface area contributed by atoms with Gasteiger partial charge in [-0.2, -0.15) is 0 Å². The summed E-state index contributed by atoms with van der Waals surface area (Å²) in [5.74, 6) is -0.545. The molecule has 4 atom stereocenters. The van der Waals surface area contributed by atoms with Crippen molar-refractivity contribution in [2.75, 3.05) is 5.88 Å². The smallest absolute Gasteiger partial charge is 0.747 e. The summed E-state index contributed by atoms with van der Waals surface area (Å²) in [6, 6.07) is 0. The molecule has 15 heavy (non-hydrogen) atoms. The van der Waals surface area contributed by atoms with Crippen LogP contribution in [0, 0.1) is 0 Å². The van der Waals surface area contributed by atoms with Crippen molar-refractivity contribution in [2.45, 2.75) is 38.5 Å². The van der Waals surface area contributed by atoms with Gasteiger partial charge < -0.3 is 14.0 Å². The minimum Gasteiger partial charge on any atom is -0.747 e. The molecule has 0 aliphatic carbocycles. The van der Waals surface area contributed by atoms with Crippen LogP contribution >= 0.6 is 0 Å². The molecule has 0 aromatic carbocycles. The molecule has 2 rings (SSSR count). The predicted octanol–water partition coefficient (Wildman–Crippen LogP) is -3.72. The molecule has 0 spiro atoms. The molecular formula is C7H12NNaO5S. The van der Waals surface area contributed by atoms with Gasteiger partial charge in [-0.25, -0.2) is 13.3 Å². The molecule has 0 saturated carbocycles. The Hall–Kier alpha value is 0.790. The van der Waals surface area contributed by atoms with Crippen molar-refractivity contribution in [1.82, 2.24) is 4.90 Å². The van der Waals surface area contributed by atoms with E-state index in [9.17, 15) is 13.0 Å². The topological polar surface area (TPSA) is 85.5 Å². The molecule has 0 amide bonds. The number of rotatable bonds is 4. The van der Waals surface area contributed by atoms with E-state index in [0.29, 0.717) is 0 Å². The van der Waals surface area contributed by atoms with Crippen molar-refractivity contribution >= 4 is 10.1 Å². The van der Waals surface area contributed by atoms with E-state index in [0.717, 1.165) is 0 Å². The van der Waals surface area contributed by atoms with Crippen LogP contribution < -0.4 is 29.6 Å². The van der Waals surface area contributed by atoms with Gasteiger partial charge in [-0.3, -0.25) is 0 Å². The first-order chi connectivity index (χ1) is 6.38. The maximum atomic E-state index is 10.6. The van der Waals surface area contributed by atoms with E-state index >= 15 is 0 Å². The Balaban J connectivity index is 0.00000112. The van der Waals surface area contributed by atoms with E-state index < -0.39 is 16.0 Å². The van der Waals surface area contributed by atoms with Gasteiger partial charge >= 0.3 is 29.6 Å². The molecule has 2 aliphatic rings. The maximum absolute atomic E-state index is 10.6. The van der Waals surface area contributed by atoms with E-state index in [1.165, 1.54) is 4.90 Å². The average Bonchev–Trinajstić information content (AvgIpc) is 2.85. The summed E-state index contributed by atoms with van der Waals surface area (Å²) in [6.07, 6.45) is -0.608. The second-order valence-electron chi connectivity index (χ2n) is 3.66. The van der Waals surface area contributed by atoms with Crippen LogP contribution in [-0.2, 0) is 19.6 Å². The Morgan fingerprint density at radius 3 is 1.73 bits per heavy atom. The van der Waals surface area contributed by atoms with Crippen molar-refractivity contribution in [2.24, 2.45) is 0 Å². The van der Waals surface area contributed by atoms with Crippen LogP contribution in [0.2, 0.25) is 0 Å². The molecule has 0 bridgehead atoms. The van der Waals surface area contributed by atoms with Crippen molar-refractivity contribution in [3.63, 3.8) is 0 Å². The Morgan fingerprint density at radius 1 is 1.20 bits per heavy atom. The first-order valence-corrected chi connectivity index (χ1v) is 5.96. The molecule has 82 valence electrons. The van der Waals surface area contributed by atoms with Gasteiger partial charge in [-0.1, -0.05) is 0 Å². The van der Waals surface area contributed by atoms with Crippen LogP contribution in [0.4, 0.5) is 0 Å². The zero-order chi connectivity index (χ0) is 10.5. The van der Waals surface area contributed by atoms with E-state index in [2.05, 4.69) is 0 Å². The maximum Gasteiger partial charge on any atom is 1.00 e. The van der Waals surface area contributed by atoms with Crippen LogP contribution in [0.25, 0.3) is 0 Å². The van der Waals surface area contributed by atoms with Crippen molar-refractivity contribution in [3.05, 3.63) is 0 Å². The number of ether oxygens (including phenoxy) is 2. The SMILES string of the molecule is CC1OC1N(CS(=O)(=O)[O-])C1OC1C.[Na+]. The van der Waals surface area contributed by atoms with E-state index in [1.807, 2.05) is 13.8 Å². The molecule has 2 heterocycles. The molecule has 4 unspecified atom stereocenters. The standard InChI is InChI=1S/C7H13NO5S.Na/c1-4-6(12-4)8(3-14(9,10)11)7-5(2)13-7;/h4-7H,3H2,1-2H3,(H,9,10,11);/q;+1/p-1. The van der Waals surface area contributed by atoms with Crippen molar-refractivity contribution < 1.29 is 52.0 Å². The Morgan fingerprint density at radius 2 is 1.53 bits per heavy atom. The Labute approximate surface area is 111 Å². The minimum absolute atomic E-state index is 0. The monoisotopic (exact) mass is 245 g/mol. The third kappa shape index (κ3) is 3.64. The van der Waals surface area contributed by atoms with E-state index in [-0.39, 0.29) is 54.2 Å². The second kappa shape index (κ2) is 4.58. The van der Waals surface area contributed by atoms with Gasteiger partial charge in [0.1, 0.15) is 22.6 Å². The number of hydrogen-bond acceptors (Lipinski definition) is 6. The summed E-state index contributed by atoms with van der Waals surface area (Å²) in [4.78, 5) is 1.46. The molecule has 2 saturated heterocycles. The van der Waals surface area contributed by atoms with Crippen molar-refractivity contribution in [1.29, 1.82) is 0 Å². The van der Waals surface area contributed by atoms with Crippen LogP contribution in [0.1, 0.15) is 13.8 Å². The van der Waals surface area contributed by atoms with Gasteiger partial charge in [0.15, 0.2) is 0 Å². The molecule has 0 N–H and O–H groups in total. The van der Waals surface area contributed by atoms with Gasteiger partial charge in [0, 0.05) is 0 Å². The van der Waals surface area contributed by atoms with Crippen LogP contribution in [0.5, 0.6) is 0 Å². The number of hydrogen-bond donors (Lipinski definition) is 0. The fourth-order valence-electron chi connectivity index (χ4n) is 1.52. The van der Waals surface area contributed by atoms with Gasteiger partial charge in [-0.15, -0.1) is 0 Å². The van der Waals surface area contributed by atoms with E-state index in [4.69, 9.17) is 9.47 Å². The van der Waals surface area contributed by atoms with Crippen molar-refractivity contribution in [3.8, 4) is 0 Å². The van der Waals surface area contributed by atoms with E-state index in [1.54, 1.807) is 0 Å². The summed E-state index contributed by atoms with van der Waals surface area (Å²) in [5.41, 5.74) is 0. The summed E-state index contributed by atoms with van der Waals surface area (Å²) in [6.45, 7) is 3.64. The first-order valence-electron chi connectivity index (χ1n) is 4.39. The third-order valence-corrected chi connectivity index (χ3v) is 2.93. The normalized spacial score (nSPS) is 38.7. The van der Waals surface area contributed by atoms with Gasteiger partial charge in [0.2, 0.25) is 0 Å². The molecular weight excluding hydrogens is 233 g/mol. The molecule has 0 aromatic heterocycles. The predicted molar refractivity (Wildman–Crippen MR) is 45.1 cm³/mol. The average molecular weight is 245 g/mol. The zero-order valence-electron chi connectivity index (χ0n) is 8.91. The minimum atomic E-state index is -4.26. The second-order valence-corrected chi connectivity index (χ2v) is 5.04.